The number of nitrogens with two attached hydrogens (primary N) is 2. The lowest BCUT2D eigenvalue weighted by atomic mass is 9.84. The maximum absolute atomic E-state index is 13.3. The summed E-state index contributed by atoms with van der Waals surface area (Å²) in [5, 5.41) is 7.23. The second-order valence-corrected chi connectivity index (χ2v) is 4.65. The molecule has 1 aromatic rings. The molecule has 0 saturated carbocycles. The number of hydrogen-bond donors (Lipinski definition) is 3. The predicted molar refractivity (Wildman–Crippen MR) is 64.1 cm³/mol. The van der Waals surface area contributed by atoms with Crippen molar-refractivity contribution in [2.45, 2.75) is 20.3 Å². The normalized spacial score (nSPS) is 11.2. The fourth-order valence-electron chi connectivity index (χ4n) is 1.49. The van der Waals surface area contributed by atoms with Gasteiger partial charge in [0.25, 0.3) is 0 Å². The van der Waals surface area contributed by atoms with Crippen LogP contribution in [-0.2, 0) is 11.2 Å². The van der Waals surface area contributed by atoms with Crippen molar-refractivity contribution in [3.05, 3.63) is 35.1 Å². The summed E-state index contributed by atoms with van der Waals surface area (Å²) in [6.45, 7) is 3.43. The molecule has 0 fully saturated rings. The Bertz CT molecular complexity index is 469. The van der Waals surface area contributed by atoms with E-state index in [4.69, 9.17) is 16.9 Å². The van der Waals surface area contributed by atoms with E-state index >= 15 is 0 Å². The number of rotatable bonds is 4. The van der Waals surface area contributed by atoms with Crippen molar-refractivity contribution >= 4 is 11.7 Å². The zero-order valence-corrected chi connectivity index (χ0v) is 9.88. The summed E-state index contributed by atoms with van der Waals surface area (Å²) in [6.07, 6.45) is 0.378. The number of primary amides is 1. The Hall–Kier alpha value is -1.91. The summed E-state index contributed by atoms with van der Waals surface area (Å²) >= 11 is 0. The van der Waals surface area contributed by atoms with Crippen LogP contribution in [-0.4, -0.2) is 11.7 Å². The second-order valence-electron chi connectivity index (χ2n) is 4.65. The molecule has 0 atom stereocenters. The van der Waals surface area contributed by atoms with Crippen LogP contribution >= 0.6 is 0 Å². The first-order chi connectivity index (χ1) is 7.74. The van der Waals surface area contributed by atoms with Gasteiger partial charge < -0.3 is 11.5 Å². The third-order valence-electron chi connectivity index (χ3n) is 2.63. The van der Waals surface area contributed by atoms with E-state index in [0.717, 1.165) is 5.56 Å². The largest absolute Gasteiger partial charge is 0.384 e. The van der Waals surface area contributed by atoms with Gasteiger partial charge in [-0.3, -0.25) is 10.2 Å². The SMILES string of the molecule is CC(C)(Cc1ccc(F)c(C(=N)N)c1)C(N)=O. The second kappa shape index (κ2) is 4.53. The fraction of sp³-hybridized carbons (Fsp3) is 0.333. The molecular formula is C12H16FN3O. The molecule has 0 aliphatic rings. The van der Waals surface area contributed by atoms with E-state index in [0.29, 0.717) is 6.42 Å². The molecule has 5 N–H and O–H groups in total. The van der Waals surface area contributed by atoms with Crippen molar-refractivity contribution in [2.75, 3.05) is 0 Å². The third kappa shape index (κ3) is 3.03. The molecule has 0 aromatic heterocycles. The molecular weight excluding hydrogens is 221 g/mol. The Morgan fingerprint density at radius 1 is 1.41 bits per heavy atom. The average molecular weight is 237 g/mol. The van der Waals surface area contributed by atoms with Crippen LogP contribution in [0, 0.1) is 16.6 Å². The number of nitrogen functional groups attached to an aromatic ring is 1. The number of benzene rings is 1. The highest BCUT2D eigenvalue weighted by molar-refractivity contribution is 5.95. The van der Waals surface area contributed by atoms with Gasteiger partial charge in [-0.25, -0.2) is 4.39 Å². The smallest absolute Gasteiger partial charge is 0.223 e. The lowest BCUT2D eigenvalue weighted by Gasteiger charge is -2.20. The zero-order valence-electron chi connectivity index (χ0n) is 9.88. The zero-order chi connectivity index (χ0) is 13.2. The van der Waals surface area contributed by atoms with E-state index in [-0.39, 0.29) is 11.4 Å². The van der Waals surface area contributed by atoms with Crippen LogP contribution in [0.3, 0.4) is 0 Å². The van der Waals surface area contributed by atoms with Crippen LogP contribution in [0.25, 0.3) is 0 Å². The maximum Gasteiger partial charge on any atom is 0.223 e. The summed E-state index contributed by atoms with van der Waals surface area (Å²) in [6, 6.07) is 4.28. The van der Waals surface area contributed by atoms with Gasteiger partial charge in [0.05, 0.1) is 5.56 Å². The number of amidine groups is 1. The van der Waals surface area contributed by atoms with Crippen LogP contribution in [0.1, 0.15) is 25.0 Å². The fourth-order valence-corrected chi connectivity index (χ4v) is 1.49. The van der Waals surface area contributed by atoms with E-state index in [9.17, 15) is 9.18 Å². The molecule has 0 aliphatic heterocycles. The molecule has 0 bridgehead atoms. The quantitative estimate of drug-likeness (QED) is 0.541. The molecule has 1 rings (SSSR count). The Morgan fingerprint density at radius 2 is 2.00 bits per heavy atom. The number of amides is 1. The minimum absolute atomic E-state index is 0.0442. The number of carbonyl (C=O) groups excluding carboxylic acids is 1. The van der Waals surface area contributed by atoms with Gasteiger partial charge in [0.2, 0.25) is 5.91 Å². The molecule has 1 amide bonds. The Labute approximate surface area is 99.3 Å². The van der Waals surface area contributed by atoms with Crippen molar-refractivity contribution in [1.82, 2.24) is 0 Å². The van der Waals surface area contributed by atoms with E-state index in [1.54, 1.807) is 19.9 Å². The summed E-state index contributed by atoms with van der Waals surface area (Å²) in [5.74, 6) is -1.30. The molecule has 0 spiro atoms. The monoisotopic (exact) mass is 237 g/mol. The van der Waals surface area contributed by atoms with Crippen LogP contribution < -0.4 is 11.5 Å². The lowest BCUT2D eigenvalue weighted by molar-refractivity contribution is -0.125. The third-order valence-corrected chi connectivity index (χ3v) is 2.63. The van der Waals surface area contributed by atoms with E-state index in [1.165, 1.54) is 12.1 Å². The average Bonchev–Trinajstić information content (AvgIpc) is 2.20. The lowest BCUT2D eigenvalue weighted by Crippen LogP contribution is -2.33. The number of nitrogens with one attached hydrogen (secondary N) is 1. The van der Waals surface area contributed by atoms with Gasteiger partial charge in [0.15, 0.2) is 0 Å². The van der Waals surface area contributed by atoms with E-state index in [1.807, 2.05) is 0 Å². The predicted octanol–water partition coefficient (Wildman–Crippen LogP) is 1.16. The van der Waals surface area contributed by atoms with Crippen LogP contribution in [0.2, 0.25) is 0 Å². The first-order valence-electron chi connectivity index (χ1n) is 5.17. The van der Waals surface area contributed by atoms with Gasteiger partial charge in [0.1, 0.15) is 11.7 Å². The Morgan fingerprint density at radius 3 is 2.47 bits per heavy atom. The molecule has 0 aliphatic carbocycles. The molecule has 1 aromatic carbocycles. The van der Waals surface area contributed by atoms with Gasteiger partial charge in [-0.05, 0) is 24.1 Å². The summed E-state index contributed by atoms with van der Waals surface area (Å²) < 4.78 is 13.3. The van der Waals surface area contributed by atoms with Crippen LogP contribution in [0.15, 0.2) is 18.2 Å². The first-order valence-corrected chi connectivity index (χ1v) is 5.17. The minimum atomic E-state index is -0.716. The van der Waals surface area contributed by atoms with Crippen molar-refractivity contribution in [1.29, 1.82) is 5.41 Å². The minimum Gasteiger partial charge on any atom is -0.384 e. The number of halogens is 1. The van der Waals surface area contributed by atoms with Gasteiger partial charge in [-0.1, -0.05) is 19.9 Å². The summed E-state index contributed by atoms with van der Waals surface area (Å²) in [5.41, 5.74) is 10.6. The highest BCUT2D eigenvalue weighted by atomic mass is 19.1. The Kier molecular flexibility index (Phi) is 3.50. The van der Waals surface area contributed by atoms with Gasteiger partial charge in [-0.15, -0.1) is 0 Å². The summed E-state index contributed by atoms with van der Waals surface area (Å²) in [4.78, 5) is 11.2. The highest BCUT2D eigenvalue weighted by Crippen LogP contribution is 2.22. The van der Waals surface area contributed by atoms with Crippen molar-refractivity contribution < 1.29 is 9.18 Å². The maximum atomic E-state index is 13.3. The topological polar surface area (TPSA) is 93.0 Å². The molecule has 0 radical (unpaired) electrons. The molecule has 5 heteroatoms. The van der Waals surface area contributed by atoms with E-state index in [2.05, 4.69) is 0 Å². The molecule has 4 nitrogen and oxygen atoms in total. The van der Waals surface area contributed by atoms with Crippen LogP contribution in [0.4, 0.5) is 4.39 Å². The van der Waals surface area contributed by atoms with Crippen molar-refractivity contribution in [2.24, 2.45) is 16.9 Å². The van der Waals surface area contributed by atoms with Gasteiger partial charge >= 0.3 is 0 Å². The Balaban J connectivity index is 3.05. The molecule has 92 valence electrons. The highest BCUT2D eigenvalue weighted by Gasteiger charge is 2.25. The first kappa shape index (κ1) is 13.2. The van der Waals surface area contributed by atoms with E-state index < -0.39 is 17.1 Å². The summed E-state index contributed by atoms with van der Waals surface area (Å²) in [7, 11) is 0. The standard InChI is InChI=1S/C12H16FN3O/c1-12(2,11(16)17)6-7-3-4-9(13)8(5-7)10(14)15/h3-5H,6H2,1-2H3,(H3,14,15)(H2,16,17). The molecule has 17 heavy (non-hydrogen) atoms. The van der Waals surface area contributed by atoms with Crippen molar-refractivity contribution in [3.63, 3.8) is 0 Å². The van der Waals surface area contributed by atoms with Gasteiger partial charge in [0, 0.05) is 5.41 Å². The molecule has 0 saturated heterocycles. The number of hydrogen-bond acceptors (Lipinski definition) is 2. The number of carbonyl (C=O) groups is 1. The molecule has 0 heterocycles. The van der Waals surface area contributed by atoms with Crippen LogP contribution in [0.5, 0.6) is 0 Å². The van der Waals surface area contributed by atoms with Gasteiger partial charge in [-0.2, -0.15) is 0 Å². The van der Waals surface area contributed by atoms with Crippen molar-refractivity contribution in [3.8, 4) is 0 Å². The molecule has 0 unspecified atom stereocenters.